The fourth-order valence-corrected chi connectivity index (χ4v) is 2.64. The summed E-state index contributed by atoms with van der Waals surface area (Å²) in [5.74, 6) is 0.926. The molecule has 1 aromatic rings. The molecule has 0 bridgehead atoms. The number of ether oxygens (including phenoxy) is 1. The van der Waals surface area contributed by atoms with Crippen LogP contribution in [0.25, 0.3) is 0 Å². The van der Waals surface area contributed by atoms with Crippen LogP contribution in [-0.4, -0.2) is 45.2 Å². The first-order valence-electron chi connectivity index (χ1n) is 7.83. The quantitative estimate of drug-likeness (QED) is 0.756. The number of hydrogen-bond acceptors (Lipinski definition) is 3. The van der Waals surface area contributed by atoms with E-state index in [1.807, 2.05) is 12.1 Å². The third kappa shape index (κ3) is 7.49. The second-order valence-electron chi connectivity index (χ2n) is 7.07. The van der Waals surface area contributed by atoms with Crippen LogP contribution in [-0.2, 0) is 6.42 Å². The van der Waals surface area contributed by atoms with Crippen molar-refractivity contribution in [3.8, 4) is 5.75 Å². The summed E-state index contributed by atoms with van der Waals surface area (Å²) in [6.07, 6.45) is 2.26. The lowest BCUT2D eigenvalue weighted by molar-refractivity contribution is 0.225. The van der Waals surface area contributed by atoms with Crippen molar-refractivity contribution in [2.45, 2.75) is 39.7 Å². The van der Waals surface area contributed by atoms with Gasteiger partial charge in [0.25, 0.3) is 0 Å². The number of rotatable bonds is 9. The number of aryl methyl sites for hydroxylation is 1. The average Bonchev–Trinajstić information content (AvgIpc) is 2.42. The highest BCUT2D eigenvalue weighted by Crippen LogP contribution is 2.16. The van der Waals surface area contributed by atoms with Crippen molar-refractivity contribution in [1.82, 2.24) is 10.2 Å². The van der Waals surface area contributed by atoms with E-state index in [0.717, 1.165) is 31.7 Å². The third-order valence-corrected chi connectivity index (χ3v) is 3.70. The van der Waals surface area contributed by atoms with Crippen LogP contribution in [0.5, 0.6) is 5.75 Å². The molecule has 1 aromatic carbocycles. The fraction of sp³-hybridized carbons (Fsp3) is 0.667. The zero-order valence-electron chi connectivity index (χ0n) is 14.6. The third-order valence-electron chi connectivity index (χ3n) is 3.70. The van der Waals surface area contributed by atoms with Crippen molar-refractivity contribution in [2.75, 3.05) is 34.3 Å². The highest BCUT2D eigenvalue weighted by atomic mass is 16.5. The van der Waals surface area contributed by atoms with Gasteiger partial charge in [0.15, 0.2) is 0 Å². The van der Waals surface area contributed by atoms with E-state index in [1.54, 1.807) is 7.11 Å². The van der Waals surface area contributed by atoms with Crippen molar-refractivity contribution in [3.05, 3.63) is 29.8 Å². The Balaban J connectivity index is 2.31. The normalized spacial score (nSPS) is 13.5. The van der Waals surface area contributed by atoms with Crippen molar-refractivity contribution in [2.24, 2.45) is 5.41 Å². The van der Waals surface area contributed by atoms with Crippen LogP contribution in [0.1, 0.15) is 32.8 Å². The molecule has 0 saturated heterocycles. The average molecular weight is 292 g/mol. The van der Waals surface area contributed by atoms with E-state index in [2.05, 4.69) is 57.2 Å². The van der Waals surface area contributed by atoms with Gasteiger partial charge in [-0.25, -0.2) is 0 Å². The maximum absolute atomic E-state index is 5.19. The standard InChI is InChI=1S/C18H32N2O/c1-15(19-13-18(2,3)14-20(4)5)7-8-16-9-11-17(21-6)12-10-16/h9-12,15,19H,7-8,13-14H2,1-6H3/t15-/m1/s1. The number of benzene rings is 1. The van der Waals surface area contributed by atoms with Crippen LogP contribution in [0.3, 0.4) is 0 Å². The first kappa shape index (κ1) is 18.0. The van der Waals surface area contributed by atoms with E-state index in [9.17, 15) is 0 Å². The largest absolute Gasteiger partial charge is 0.497 e. The molecule has 0 saturated carbocycles. The number of hydrogen-bond donors (Lipinski definition) is 1. The second-order valence-corrected chi connectivity index (χ2v) is 7.07. The van der Waals surface area contributed by atoms with Crippen LogP contribution in [0.4, 0.5) is 0 Å². The Morgan fingerprint density at radius 2 is 1.81 bits per heavy atom. The summed E-state index contributed by atoms with van der Waals surface area (Å²) < 4.78 is 5.19. The topological polar surface area (TPSA) is 24.5 Å². The molecule has 0 aliphatic rings. The molecule has 0 amide bonds. The lowest BCUT2D eigenvalue weighted by atomic mass is 9.92. The molecule has 0 aromatic heterocycles. The highest BCUT2D eigenvalue weighted by Gasteiger charge is 2.19. The Labute approximate surface area is 130 Å². The summed E-state index contributed by atoms with van der Waals surface area (Å²) in [6, 6.07) is 8.91. The maximum Gasteiger partial charge on any atom is 0.118 e. The molecule has 0 aliphatic heterocycles. The van der Waals surface area contributed by atoms with E-state index in [0.29, 0.717) is 11.5 Å². The lowest BCUT2D eigenvalue weighted by Gasteiger charge is -2.30. The molecule has 3 nitrogen and oxygen atoms in total. The van der Waals surface area contributed by atoms with Gasteiger partial charge in [-0.05, 0) is 57.0 Å². The molecule has 0 fully saturated rings. The zero-order valence-corrected chi connectivity index (χ0v) is 14.6. The molecule has 0 aliphatic carbocycles. The Kier molecular flexibility index (Phi) is 7.20. The van der Waals surface area contributed by atoms with Crippen molar-refractivity contribution < 1.29 is 4.74 Å². The summed E-state index contributed by atoms with van der Waals surface area (Å²) in [5.41, 5.74) is 1.68. The lowest BCUT2D eigenvalue weighted by Crippen LogP contribution is -2.40. The van der Waals surface area contributed by atoms with Crippen LogP contribution in [0.2, 0.25) is 0 Å². The van der Waals surface area contributed by atoms with Gasteiger partial charge in [0.05, 0.1) is 7.11 Å². The molecule has 0 unspecified atom stereocenters. The Bertz CT molecular complexity index is 398. The van der Waals surface area contributed by atoms with Crippen molar-refractivity contribution in [1.29, 1.82) is 0 Å². The Morgan fingerprint density at radius 1 is 1.19 bits per heavy atom. The van der Waals surface area contributed by atoms with E-state index in [1.165, 1.54) is 5.56 Å². The van der Waals surface area contributed by atoms with Crippen LogP contribution in [0.15, 0.2) is 24.3 Å². The molecule has 21 heavy (non-hydrogen) atoms. The van der Waals surface area contributed by atoms with Gasteiger partial charge in [-0.3, -0.25) is 0 Å². The minimum absolute atomic E-state index is 0.303. The molecular formula is C18H32N2O. The molecule has 1 atom stereocenters. The summed E-state index contributed by atoms with van der Waals surface area (Å²) in [4.78, 5) is 2.25. The van der Waals surface area contributed by atoms with Gasteiger partial charge in [-0.2, -0.15) is 0 Å². The monoisotopic (exact) mass is 292 g/mol. The van der Waals surface area contributed by atoms with Gasteiger partial charge in [0, 0.05) is 19.1 Å². The molecule has 0 radical (unpaired) electrons. The number of methoxy groups -OCH3 is 1. The summed E-state index contributed by atoms with van der Waals surface area (Å²) >= 11 is 0. The molecule has 0 heterocycles. The van der Waals surface area contributed by atoms with E-state index in [-0.39, 0.29) is 0 Å². The van der Waals surface area contributed by atoms with Gasteiger partial charge < -0.3 is 15.0 Å². The van der Waals surface area contributed by atoms with Gasteiger partial charge in [0.1, 0.15) is 5.75 Å². The highest BCUT2D eigenvalue weighted by molar-refractivity contribution is 5.27. The summed E-state index contributed by atoms with van der Waals surface area (Å²) in [5, 5.41) is 3.67. The predicted octanol–water partition coefficient (Wildman–Crippen LogP) is 3.19. The Morgan fingerprint density at radius 3 is 2.33 bits per heavy atom. The minimum atomic E-state index is 0.303. The number of nitrogens with one attached hydrogen (secondary N) is 1. The van der Waals surface area contributed by atoms with Gasteiger partial charge >= 0.3 is 0 Å². The van der Waals surface area contributed by atoms with Crippen LogP contribution in [0, 0.1) is 5.41 Å². The summed E-state index contributed by atoms with van der Waals surface area (Å²) in [7, 11) is 5.97. The molecular weight excluding hydrogens is 260 g/mol. The van der Waals surface area contributed by atoms with Gasteiger partial charge in [-0.1, -0.05) is 26.0 Å². The zero-order chi connectivity index (χ0) is 15.9. The first-order valence-corrected chi connectivity index (χ1v) is 7.83. The molecule has 0 spiro atoms. The van der Waals surface area contributed by atoms with Crippen LogP contribution >= 0.6 is 0 Å². The van der Waals surface area contributed by atoms with Gasteiger partial charge in [0.2, 0.25) is 0 Å². The smallest absolute Gasteiger partial charge is 0.118 e. The molecule has 1 N–H and O–H groups in total. The molecule has 120 valence electrons. The fourth-order valence-electron chi connectivity index (χ4n) is 2.64. The van der Waals surface area contributed by atoms with E-state index in [4.69, 9.17) is 4.74 Å². The molecule has 1 rings (SSSR count). The maximum atomic E-state index is 5.19. The summed E-state index contributed by atoms with van der Waals surface area (Å²) in [6.45, 7) is 9.06. The Hall–Kier alpha value is -1.06. The SMILES string of the molecule is COc1ccc(CC[C@@H](C)NCC(C)(C)CN(C)C)cc1. The first-order chi connectivity index (χ1) is 9.82. The minimum Gasteiger partial charge on any atom is -0.497 e. The molecule has 3 heteroatoms. The second kappa shape index (κ2) is 8.40. The van der Waals surface area contributed by atoms with E-state index < -0.39 is 0 Å². The predicted molar refractivity (Wildman–Crippen MR) is 91.1 cm³/mol. The van der Waals surface area contributed by atoms with Crippen molar-refractivity contribution in [3.63, 3.8) is 0 Å². The van der Waals surface area contributed by atoms with Crippen molar-refractivity contribution >= 4 is 0 Å². The number of nitrogens with zero attached hydrogens (tertiary/aromatic N) is 1. The van der Waals surface area contributed by atoms with E-state index >= 15 is 0 Å². The van der Waals surface area contributed by atoms with Gasteiger partial charge in [-0.15, -0.1) is 0 Å². The van der Waals surface area contributed by atoms with Crippen LogP contribution < -0.4 is 10.1 Å².